The highest BCUT2D eigenvalue weighted by molar-refractivity contribution is 5.67. The maximum absolute atomic E-state index is 13.6. The molecule has 0 saturated carbocycles. The molecule has 0 bridgehead atoms. The molecule has 0 unspecified atom stereocenters. The molecule has 31 heavy (non-hydrogen) atoms. The van der Waals surface area contributed by atoms with Crippen LogP contribution < -0.4 is 14.8 Å². The average molecular weight is 435 g/mol. The molecule has 1 N–H and O–H groups in total. The summed E-state index contributed by atoms with van der Waals surface area (Å²) in [5.74, 6) is -0.252. The van der Waals surface area contributed by atoms with Gasteiger partial charge in [0.05, 0.1) is 12.4 Å². The summed E-state index contributed by atoms with van der Waals surface area (Å²) < 4.78 is 77.1. The van der Waals surface area contributed by atoms with Crippen molar-refractivity contribution in [2.75, 3.05) is 5.32 Å². The van der Waals surface area contributed by atoms with E-state index in [9.17, 15) is 22.0 Å². The molecule has 0 saturated heterocycles. The van der Waals surface area contributed by atoms with Gasteiger partial charge in [0.25, 0.3) is 0 Å². The summed E-state index contributed by atoms with van der Waals surface area (Å²) in [6, 6.07) is 8.52. The number of alkyl halides is 5. The number of benzene rings is 1. The minimum absolute atomic E-state index is 0.0803. The molecule has 5 rings (SSSR count). The topological polar surface area (TPSA) is 73.6 Å². The Kier molecular flexibility index (Phi) is 4.00. The van der Waals surface area contributed by atoms with Crippen molar-refractivity contribution in [1.82, 2.24) is 19.4 Å². The summed E-state index contributed by atoms with van der Waals surface area (Å²) in [4.78, 5) is 11.8. The van der Waals surface area contributed by atoms with E-state index in [2.05, 4.69) is 29.7 Å². The van der Waals surface area contributed by atoms with E-state index >= 15 is 0 Å². The minimum atomic E-state index is -4.71. The van der Waals surface area contributed by atoms with Crippen molar-refractivity contribution in [3.63, 3.8) is 0 Å². The Morgan fingerprint density at radius 1 is 0.968 bits per heavy atom. The van der Waals surface area contributed by atoms with Crippen molar-refractivity contribution < 1.29 is 31.4 Å². The lowest BCUT2D eigenvalue weighted by Gasteiger charge is -2.10. The Balaban J connectivity index is 1.53. The van der Waals surface area contributed by atoms with E-state index in [-0.39, 0.29) is 34.4 Å². The highest BCUT2D eigenvalue weighted by Gasteiger charge is 2.43. The van der Waals surface area contributed by atoms with Gasteiger partial charge in [-0.15, -0.1) is 8.78 Å². The van der Waals surface area contributed by atoms with Crippen LogP contribution in [0.5, 0.6) is 11.5 Å². The molecule has 0 amide bonds. The standard InChI is InChI=1S/C19H10F5N5O2/c20-18(21,22)17-16(29-6-2-1-3-15(29)28-17)11-8-25-9-14(27-11)26-10-4-5-12-13(7-10)31-19(23,24)30-12/h1-9H,(H,26,27). The quantitative estimate of drug-likeness (QED) is 0.463. The Hall–Kier alpha value is -3.96. The van der Waals surface area contributed by atoms with Crippen LogP contribution in [0.25, 0.3) is 17.0 Å². The number of pyridine rings is 1. The molecule has 0 spiro atoms. The summed E-state index contributed by atoms with van der Waals surface area (Å²) >= 11 is 0. The van der Waals surface area contributed by atoms with E-state index in [0.717, 1.165) is 0 Å². The molecule has 0 aliphatic carbocycles. The molecule has 1 aliphatic rings. The summed E-state index contributed by atoms with van der Waals surface area (Å²) in [6.07, 6.45) is -4.59. The van der Waals surface area contributed by atoms with Gasteiger partial charge in [0.2, 0.25) is 0 Å². The van der Waals surface area contributed by atoms with Crippen molar-refractivity contribution in [3.05, 3.63) is 60.7 Å². The number of hydrogen-bond donors (Lipinski definition) is 1. The molecule has 158 valence electrons. The van der Waals surface area contributed by atoms with Crippen molar-refractivity contribution >= 4 is 17.2 Å². The number of anilines is 2. The first-order valence-corrected chi connectivity index (χ1v) is 8.73. The summed E-state index contributed by atoms with van der Waals surface area (Å²) in [5, 5.41) is 2.80. The number of ether oxygens (including phenoxy) is 2. The first-order chi connectivity index (χ1) is 14.7. The summed E-state index contributed by atoms with van der Waals surface area (Å²) in [5.41, 5.74) is -1.06. The van der Waals surface area contributed by atoms with Crippen LogP contribution in [0.1, 0.15) is 5.69 Å². The highest BCUT2D eigenvalue weighted by Crippen LogP contribution is 2.42. The highest BCUT2D eigenvalue weighted by atomic mass is 19.4. The Morgan fingerprint density at radius 3 is 2.58 bits per heavy atom. The van der Waals surface area contributed by atoms with E-state index in [4.69, 9.17) is 0 Å². The Bertz CT molecular complexity index is 1300. The molecule has 1 aliphatic heterocycles. The Morgan fingerprint density at radius 2 is 1.77 bits per heavy atom. The molecule has 4 aromatic rings. The van der Waals surface area contributed by atoms with Gasteiger partial charge < -0.3 is 14.8 Å². The van der Waals surface area contributed by atoms with Crippen LogP contribution >= 0.6 is 0 Å². The van der Waals surface area contributed by atoms with Crippen LogP contribution in [0, 0.1) is 0 Å². The molecular weight excluding hydrogens is 425 g/mol. The third-order valence-electron chi connectivity index (χ3n) is 4.35. The predicted octanol–water partition coefficient (Wildman–Crippen LogP) is 4.88. The average Bonchev–Trinajstić information content (AvgIpc) is 3.24. The summed E-state index contributed by atoms with van der Waals surface area (Å²) in [7, 11) is 0. The first-order valence-electron chi connectivity index (χ1n) is 8.73. The van der Waals surface area contributed by atoms with Crippen LogP contribution in [0.2, 0.25) is 0 Å². The number of nitrogens with zero attached hydrogens (tertiary/aromatic N) is 4. The van der Waals surface area contributed by atoms with Gasteiger partial charge in [0.1, 0.15) is 22.9 Å². The number of aromatic nitrogens is 4. The molecule has 4 heterocycles. The minimum Gasteiger partial charge on any atom is -0.395 e. The van der Waals surface area contributed by atoms with E-state index in [1.165, 1.54) is 47.3 Å². The smallest absolute Gasteiger partial charge is 0.395 e. The van der Waals surface area contributed by atoms with E-state index < -0.39 is 18.2 Å². The fourth-order valence-corrected chi connectivity index (χ4v) is 3.15. The van der Waals surface area contributed by atoms with Crippen LogP contribution in [0.4, 0.5) is 33.5 Å². The normalized spacial score (nSPS) is 14.7. The first kappa shape index (κ1) is 19.0. The fourth-order valence-electron chi connectivity index (χ4n) is 3.15. The van der Waals surface area contributed by atoms with Crippen LogP contribution in [-0.2, 0) is 6.18 Å². The van der Waals surface area contributed by atoms with Gasteiger partial charge >= 0.3 is 12.5 Å². The molecule has 12 heteroatoms. The molecule has 0 fully saturated rings. The van der Waals surface area contributed by atoms with Crippen LogP contribution in [0.3, 0.4) is 0 Å². The molecule has 0 atom stereocenters. The number of hydrogen-bond acceptors (Lipinski definition) is 6. The third kappa shape index (κ3) is 3.45. The molecular formula is C19H10F5N5O2. The van der Waals surface area contributed by atoms with E-state index in [1.807, 2.05) is 0 Å². The second kappa shape index (κ2) is 6.52. The zero-order chi connectivity index (χ0) is 21.8. The van der Waals surface area contributed by atoms with Gasteiger partial charge in [-0.3, -0.25) is 9.38 Å². The van der Waals surface area contributed by atoms with Crippen LogP contribution in [0.15, 0.2) is 55.0 Å². The second-order valence-corrected chi connectivity index (χ2v) is 6.48. The lowest BCUT2D eigenvalue weighted by molar-refractivity contribution is -0.286. The van der Waals surface area contributed by atoms with Crippen molar-refractivity contribution in [1.29, 1.82) is 0 Å². The largest absolute Gasteiger partial charge is 0.586 e. The Labute approximate surface area is 170 Å². The van der Waals surface area contributed by atoms with Gasteiger partial charge in [0, 0.05) is 18.0 Å². The van der Waals surface area contributed by atoms with Gasteiger partial charge in [-0.25, -0.2) is 9.97 Å². The fraction of sp³-hybridized carbons (Fsp3) is 0.105. The monoisotopic (exact) mass is 435 g/mol. The maximum Gasteiger partial charge on any atom is 0.586 e. The van der Waals surface area contributed by atoms with E-state index in [1.54, 1.807) is 12.1 Å². The molecule has 3 aromatic heterocycles. The number of nitrogens with one attached hydrogen (secondary N) is 1. The van der Waals surface area contributed by atoms with Gasteiger partial charge in [-0.1, -0.05) is 6.07 Å². The number of rotatable bonds is 3. The molecule has 7 nitrogen and oxygen atoms in total. The van der Waals surface area contributed by atoms with Crippen molar-refractivity contribution in [3.8, 4) is 22.9 Å². The zero-order valence-corrected chi connectivity index (χ0v) is 15.2. The van der Waals surface area contributed by atoms with Gasteiger partial charge in [-0.05, 0) is 24.3 Å². The number of fused-ring (bicyclic) bond motifs is 2. The van der Waals surface area contributed by atoms with Gasteiger partial charge in [-0.2, -0.15) is 13.2 Å². The van der Waals surface area contributed by atoms with E-state index in [0.29, 0.717) is 5.69 Å². The summed E-state index contributed by atoms with van der Waals surface area (Å²) in [6.45, 7) is 0. The maximum atomic E-state index is 13.6. The zero-order valence-electron chi connectivity index (χ0n) is 15.2. The van der Waals surface area contributed by atoms with Crippen molar-refractivity contribution in [2.24, 2.45) is 0 Å². The number of halogens is 5. The molecule has 1 aromatic carbocycles. The van der Waals surface area contributed by atoms with Crippen LogP contribution in [-0.4, -0.2) is 25.6 Å². The lowest BCUT2D eigenvalue weighted by Crippen LogP contribution is -2.25. The molecule has 0 radical (unpaired) electrons. The predicted molar refractivity (Wildman–Crippen MR) is 97.1 cm³/mol. The SMILES string of the molecule is FC1(F)Oc2ccc(Nc3cncc(-c4c(C(F)(F)F)nc5ccccn45)n3)cc2O1. The second-order valence-electron chi connectivity index (χ2n) is 6.48. The van der Waals surface area contributed by atoms with Crippen molar-refractivity contribution in [2.45, 2.75) is 12.5 Å². The number of imidazole rings is 1. The lowest BCUT2D eigenvalue weighted by atomic mass is 10.2. The van der Waals surface area contributed by atoms with Gasteiger partial charge in [0.15, 0.2) is 17.2 Å². The third-order valence-corrected chi connectivity index (χ3v) is 4.35.